The summed E-state index contributed by atoms with van der Waals surface area (Å²) in [5.74, 6) is 1.27. The van der Waals surface area contributed by atoms with Gasteiger partial charge in [0, 0.05) is 37.1 Å². The average molecular weight is 363 g/mol. The lowest BCUT2D eigenvalue weighted by Crippen LogP contribution is -2.39. The van der Waals surface area contributed by atoms with Crippen LogP contribution in [-0.2, 0) is 7.05 Å². The molecule has 4 rings (SSSR count). The molecular formula is C21H25N5O. The Morgan fingerprint density at radius 1 is 1.22 bits per heavy atom. The maximum Gasteiger partial charge on any atom is 0.254 e. The molecule has 1 fully saturated rings. The average Bonchev–Trinajstić information content (AvgIpc) is 3.10. The molecule has 6 nitrogen and oxygen atoms in total. The fourth-order valence-corrected chi connectivity index (χ4v) is 4.04. The van der Waals surface area contributed by atoms with E-state index in [1.54, 1.807) is 6.33 Å². The second kappa shape index (κ2) is 6.76. The van der Waals surface area contributed by atoms with Crippen molar-refractivity contribution in [3.8, 4) is 0 Å². The lowest BCUT2D eigenvalue weighted by atomic mass is 9.95. The van der Waals surface area contributed by atoms with Crippen LogP contribution in [0.4, 0.5) is 0 Å². The summed E-state index contributed by atoms with van der Waals surface area (Å²) in [6, 6.07) is 6.02. The highest BCUT2D eigenvalue weighted by atomic mass is 16.2. The molecule has 1 aliphatic heterocycles. The first-order chi connectivity index (χ1) is 13.0. The standard InChI is InChI=1S/C21H25N5O/c1-13-7-8-17-18(10-14(2)23-19(17)15(13)3)21(27)26-9-5-6-16(11-26)20-24-22-12-25(20)4/h7-8,10,12,16H,5-6,9,11H2,1-4H3. The number of piperidine rings is 1. The predicted octanol–water partition coefficient (Wildman–Crippen LogP) is 3.31. The van der Waals surface area contributed by atoms with E-state index < -0.39 is 0 Å². The largest absolute Gasteiger partial charge is 0.338 e. The van der Waals surface area contributed by atoms with E-state index in [4.69, 9.17) is 4.98 Å². The van der Waals surface area contributed by atoms with Crippen LogP contribution in [0.3, 0.4) is 0 Å². The van der Waals surface area contributed by atoms with Gasteiger partial charge < -0.3 is 9.47 Å². The third-order valence-corrected chi connectivity index (χ3v) is 5.68. The Balaban J connectivity index is 1.70. The van der Waals surface area contributed by atoms with Crippen LogP contribution >= 0.6 is 0 Å². The lowest BCUT2D eigenvalue weighted by Gasteiger charge is -2.32. The molecule has 2 aromatic heterocycles. The van der Waals surface area contributed by atoms with Gasteiger partial charge in [0.2, 0.25) is 0 Å². The van der Waals surface area contributed by atoms with E-state index in [9.17, 15) is 4.79 Å². The number of pyridine rings is 1. The minimum Gasteiger partial charge on any atom is -0.338 e. The van der Waals surface area contributed by atoms with Gasteiger partial charge in [-0.2, -0.15) is 0 Å². The number of aryl methyl sites for hydroxylation is 4. The molecule has 3 aromatic rings. The number of hydrogen-bond donors (Lipinski definition) is 0. The Kier molecular flexibility index (Phi) is 4.42. The molecule has 6 heteroatoms. The smallest absolute Gasteiger partial charge is 0.254 e. The van der Waals surface area contributed by atoms with Crippen LogP contribution in [-0.4, -0.2) is 43.6 Å². The number of nitrogens with zero attached hydrogens (tertiary/aromatic N) is 5. The van der Waals surface area contributed by atoms with Gasteiger partial charge in [-0.1, -0.05) is 12.1 Å². The number of amides is 1. The van der Waals surface area contributed by atoms with E-state index in [0.29, 0.717) is 6.54 Å². The monoisotopic (exact) mass is 363 g/mol. The first-order valence-electron chi connectivity index (χ1n) is 9.46. The summed E-state index contributed by atoms with van der Waals surface area (Å²) in [6.45, 7) is 7.57. The molecule has 0 bridgehead atoms. The molecule has 0 saturated carbocycles. The Hall–Kier alpha value is -2.76. The molecule has 3 heterocycles. The number of carbonyl (C=O) groups is 1. The Bertz CT molecular complexity index is 1020. The molecular weight excluding hydrogens is 338 g/mol. The predicted molar refractivity (Wildman–Crippen MR) is 105 cm³/mol. The SMILES string of the molecule is Cc1cc(C(=O)N2CCCC(c3nncn3C)C2)c2ccc(C)c(C)c2n1. The summed E-state index contributed by atoms with van der Waals surface area (Å²) in [6.07, 6.45) is 3.73. The third-order valence-electron chi connectivity index (χ3n) is 5.68. The summed E-state index contributed by atoms with van der Waals surface area (Å²) < 4.78 is 1.96. The summed E-state index contributed by atoms with van der Waals surface area (Å²) in [7, 11) is 1.96. The van der Waals surface area contributed by atoms with Gasteiger partial charge in [0.1, 0.15) is 12.2 Å². The van der Waals surface area contributed by atoms with Gasteiger partial charge in [-0.3, -0.25) is 9.78 Å². The van der Waals surface area contributed by atoms with Gasteiger partial charge in [-0.05, 0) is 50.8 Å². The molecule has 27 heavy (non-hydrogen) atoms. The Morgan fingerprint density at radius 2 is 2.04 bits per heavy atom. The molecule has 1 aliphatic rings. The maximum atomic E-state index is 13.4. The number of rotatable bonds is 2. The fourth-order valence-electron chi connectivity index (χ4n) is 4.04. The van der Waals surface area contributed by atoms with Crippen molar-refractivity contribution >= 4 is 16.8 Å². The van der Waals surface area contributed by atoms with E-state index in [0.717, 1.165) is 52.9 Å². The summed E-state index contributed by atoms with van der Waals surface area (Å²) in [5, 5.41) is 9.19. The van der Waals surface area contributed by atoms with Crippen molar-refractivity contribution in [2.24, 2.45) is 7.05 Å². The van der Waals surface area contributed by atoms with E-state index in [1.807, 2.05) is 35.6 Å². The van der Waals surface area contributed by atoms with Crippen molar-refractivity contribution in [3.63, 3.8) is 0 Å². The zero-order valence-electron chi connectivity index (χ0n) is 16.4. The lowest BCUT2D eigenvalue weighted by molar-refractivity contribution is 0.0705. The molecule has 1 saturated heterocycles. The van der Waals surface area contributed by atoms with Gasteiger partial charge in [0.25, 0.3) is 5.91 Å². The van der Waals surface area contributed by atoms with E-state index in [1.165, 1.54) is 5.56 Å². The maximum absolute atomic E-state index is 13.4. The zero-order chi connectivity index (χ0) is 19.1. The highest BCUT2D eigenvalue weighted by molar-refractivity contribution is 6.07. The van der Waals surface area contributed by atoms with Gasteiger partial charge in [0.15, 0.2) is 0 Å². The minimum atomic E-state index is 0.0839. The number of fused-ring (bicyclic) bond motifs is 1. The first kappa shape index (κ1) is 17.6. The van der Waals surface area contributed by atoms with Gasteiger partial charge in [0.05, 0.1) is 11.1 Å². The minimum absolute atomic E-state index is 0.0839. The van der Waals surface area contributed by atoms with Crippen LogP contribution in [0.1, 0.15) is 51.8 Å². The summed E-state index contributed by atoms with van der Waals surface area (Å²) in [4.78, 5) is 20.1. The molecule has 0 spiro atoms. The molecule has 0 aliphatic carbocycles. The normalized spacial score (nSPS) is 17.5. The number of carbonyl (C=O) groups excluding carboxylic acids is 1. The van der Waals surface area contributed by atoms with Crippen molar-refractivity contribution in [3.05, 3.63) is 52.7 Å². The quantitative estimate of drug-likeness (QED) is 0.701. The van der Waals surface area contributed by atoms with E-state index in [-0.39, 0.29) is 11.8 Å². The van der Waals surface area contributed by atoms with E-state index >= 15 is 0 Å². The zero-order valence-corrected chi connectivity index (χ0v) is 16.4. The van der Waals surface area contributed by atoms with Crippen LogP contribution in [0.15, 0.2) is 24.5 Å². The van der Waals surface area contributed by atoms with Crippen LogP contribution in [0.5, 0.6) is 0 Å². The summed E-state index contributed by atoms with van der Waals surface area (Å²) in [5.41, 5.74) is 4.89. The molecule has 1 atom stereocenters. The van der Waals surface area contributed by atoms with Crippen molar-refractivity contribution in [1.82, 2.24) is 24.6 Å². The number of aromatic nitrogens is 4. The Labute approximate surface area is 159 Å². The number of hydrogen-bond acceptors (Lipinski definition) is 4. The third kappa shape index (κ3) is 3.09. The first-order valence-corrected chi connectivity index (χ1v) is 9.46. The van der Waals surface area contributed by atoms with E-state index in [2.05, 4.69) is 30.1 Å². The molecule has 140 valence electrons. The van der Waals surface area contributed by atoms with Gasteiger partial charge in [-0.25, -0.2) is 0 Å². The molecule has 0 radical (unpaired) electrons. The second-order valence-electron chi connectivity index (χ2n) is 7.61. The number of benzene rings is 1. The molecule has 1 unspecified atom stereocenters. The topological polar surface area (TPSA) is 63.9 Å². The molecule has 1 aromatic carbocycles. The van der Waals surface area contributed by atoms with Gasteiger partial charge >= 0.3 is 0 Å². The number of likely N-dealkylation sites (tertiary alicyclic amines) is 1. The molecule has 0 N–H and O–H groups in total. The fraction of sp³-hybridized carbons (Fsp3) is 0.429. The van der Waals surface area contributed by atoms with Crippen LogP contribution < -0.4 is 0 Å². The van der Waals surface area contributed by atoms with Crippen LogP contribution in [0.25, 0.3) is 10.9 Å². The van der Waals surface area contributed by atoms with Crippen molar-refractivity contribution in [1.29, 1.82) is 0 Å². The van der Waals surface area contributed by atoms with Crippen LogP contribution in [0.2, 0.25) is 0 Å². The Morgan fingerprint density at radius 3 is 2.78 bits per heavy atom. The highest BCUT2D eigenvalue weighted by Crippen LogP contribution is 2.29. The summed E-state index contributed by atoms with van der Waals surface area (Å²) >= 11 is 0. The van der Waals surface area contributed by atoms with Crippen molar-refractivity contribution < 1.29 is 4.79 Å². The van der Waals surface area contributed by atoms with Gasteiger partial charge in [-0.15, -0.1) is 10.2 Å². The second-order valence-corrected chi connectivity index (χ2v) is 7.61. The highest BCUT2D eigenvalue weighted by Gasteiger charge is 2.29. The van der Waals surface area contributed by atoms with Crippen LogP contribution in [0, 0.1) is 20.8 Å². The molecule has 1 amide bonds. The van der Waals surface area contributed by atoms with Crippen molar-refractivity contribution in [2.45, 2.75) is 39.5 Å². The van der Waals surface area contributed by atoms with Crippen molar-refractivity contribution in [2.75, 3.05) is 13.1 Å².